The first-order chi connectivity index (χ1) is 9.90. The molecule has 2 amide bonds. The summed E-state index contributed by atoms with van der Waals surface area (Å²) in [6, 6.07) is 6.49. The van der Waals surface area contributed by atoms with Gasteiger partial charge in [0.25, 0.3) is 5.91 Å². The lowest BCUT2D eigenvalue weighted by Gasteiger charge is -2.11. The number of anilines is 1. The number of aromatic nitrogens is 1. The molecule has 0 fully saturated rings. The number of benzene rings is 1. The predicted molar refractivity (Wildman–Crippen MR) is 84.6 cm³/mol. The van der Waals surface area contributed by atoms with Gasteiger partial charge in [0.05, 0.1) is 5.56 Å². The van der Waals surface area contributed by atoms with Crippen molar-refractivity contribution in [3.63, 3.8) is 0 Å². The summed E-state index contributed by atoms with van der Waals surface area (Å²) in [4.78, 5) is 27.4. The van der Waals surface area contributed by atoms with E-state index in [0.717, 1.165) is 0 Å². The number of amides is 2. The van der Waals surface area contributed by atoms with Crippen LogP contribution in [0.3, 0.4) is 0 Å². The molecule has 2 rings (SSSR count). The van der Waals surface area contributed by atoms with E-state index in [1.165, 1.54) is 6.20 Å². The quantitative estimate of drug-likeness (QED) is 0.816. The first kappa shape index (κ1) is 15.5. The van der Waals surface area contributed by atoms with Gasteiger partial charge in [0.1, 0.15) is 5.15 Å². The normalized spacial score (nSPS) is 10.2. The van der Waals surface area contributed by atoms with Crippen molar-refractivity contribution in [1.82, 2.24) is 4.98 Å². The van der Waals surface area contributed by atoms with E-state index in [1.807, 2.05) is 0 Å². The Morgan fingerprint density at radius 1 is 1.33 bits per heavy atom. The molecule has 2 aromatic rings. The van der Waals surface area contributed by atoms with Crippen LogP contribution in [0.5, 0.6) is 0 Å². The lowest BCUT2D eigenvalue weighted by Crippen LogP contribution is -2.17. The molecule has 7 heteroatoms. The summed E-state index contributed by atoms with van der Waals surface area (Å²) in [5, 5.41) is 2.79. The number of carbonyl (C=O) groups excluding carboxylic acids is 2. The maximum Gasteiger partial charge on any atom is 0.258 e. The Labute approximate surface area is 134 Å². The second-order valence-electron chi connectivity index (χ2n) is 4.29. The third-order valence-electron chi connectivity index (χ3n) is 2.90. The molecule has 0 saturated heterocycles. The number of rotatable bonds is 3. The highest BCUT2D eigenvalue weighted by Gasteiger charge is 2.15. The highest BCUT2D eigenvalue weighted by atomic mass is 79.9. The molecule has 0 atom stereocenters. The molecule has 0 aliphatic carbocycles. The third-order valence-corrected chi connectivity index (χ3v) is 3.63. The molecule has 3 N–H and O–H groups in total. The Balaban J connectivity index is 2.34. The number of hydrogen-bond acceptors (Lipinski definition) is 3. The first-order valence-corrected chi connectivity index (χ1v) is 7.09. The van der Waals surface area contributed by atoms with Crippen LogP contribution in [0, 0.1) is 6.92 Å². The van der Waals surface area contributed by atoms with Gasteiger partial charge in [-0.3, -0.25) is 9.59 Å². The molecule has 1 heterocycles. The summed E-state index contributed by atoms with van der Waals surface area (Å²) in [6.07, 6.45) is 1.50. The maximum atomic E-state index is 12.2. The maximum absolute atomic E-state index is 12.2. The fraction of sp³-hybridized carbons (Fsp3) is 0.0714. The first-order valence-electron chi connectivity index (χ1n) is 5.92. The molecule has 108 valence electrons. The van der Waals surface area contributed by atoms with Gasteiger partial charge in [-0.2, -0.15) is 0 Å². The second kappa shape index (κ2) is 6.24. The highest BCUT2D eigenvalue weighted by molar-refractivity contribution is 9.10. The number of carbonyl (C=O) groups is 2. The van der Waals surface area contributed by atoms with Crippen LogP contribution in [-0.4, -0.2) is 16.8 Å². The van der Waals surface area contributed by atoms with E-state index < -0.39 is 11.8 Å². The van der Waals surface area contributed by atoms with Crippen molar-refractivity contribution >= 4 is 45.0 Å². The zero-order valence-corrected chi connectivity index (χ0v) is 13.3. The Morgan fingerprint density at radius 2 is 2.05 bits per heavy atom. The Morgan fingerprint density at radius 3 is 2.71 bits per heavy atom. The summed E-state index contributed by atoms with van der Waals surface area (Å²) in [6.45, 7) is 1.70. The number of halogens is 2. The highest BCUT2D eigenvalue weighted by Crippen LogP contribution is 2.22. The topological polar surface area (TPSA) is 85.1 Å². The smallest absolute Gasteiger partial charge is 0.258 e. The van der Waals surface area contributed by atoms with Crippen molar-refractivity contribution in [1.29, 1.82) is 0 Å². The molecule has 0 spiro atoms. The van der Waals surface area contributed by atoms with Crippen LogP contribution in [0.15, 0.2) is 34.9 Å². The monoisotopic (exact) mass is 367 g/mol. The Bertz CT molecular complexity index is 734. The van der Waals surface area contributed by atoms with Crippen LogP contribution in [-0.2, 0) is 0 Å². The fourth-order valence-electron chi connectivity index (χ4n) is 1.81. The van der Waals surface area contributed by atoms with Gasteiger partial charge in [-0.05, 0) is 46.6 Å². The number of pyridine rings is 1. The third kappa shape index (κ3) is 3.40. The minimum Gasteiger partial charge on any atom is -0.366 e. The molecule has 0 aliphatic heterocycles. The van der Waals surface area contributed by atoms with Gasteiger partial charge in [0, 0.05) is 21.9 Å². The SMILES string of the molecule is Cc1c(NC(=O)c2cc(Br)cnc2Cl)cccc1C(N)=O. The fourth-order valence-corrected chi connectivity index (χ4v) is 2.33. The van der Waals surface area contributed by atoms with Crippen LogP contribution >= 0.6 is 27.5 Å². The largest absolute Gasteiger partial charge is 0.366 e. The molecule has 0 saturated carbocycles. The van der Waals surface area contributed by atoms with E-state index in [4.69, 9.17) is 17.3 Å². The number of nitrogens with one attached hydrogen (secondary N) is 1. The van der Waals surface area contributed by atoms with Gasteiger partial charge in [-0.1, -0.05) is 17.7 Å². The van der Waals surface area contributed by atoms with Gasteiger partial charge in [0.15, 0.2) is 0 Å². The van der Waals surface area contributed by atoms with Crippen LogP contribution in [0.4, 0.5) is 5.69 Å². The van der Waals surface area contributed by atoms with Crippen molar-refractivity contribution in [2.24, 2.45) is 5.73 Å². The number of hydrogen-bond donors (Lipinski definition) is 2. The van der Waals surface area contributed by atoms with E-state index in [9.17, 15) is 9.59 Å². The minimum absolute atomic E-state index is 0.0967. The van der Waals surface area contributed by atoms with E-state index in [0.29, 0.717) is 21.3 Å². The van der Waals surface area contributed by atoms with Gasteiger partial charge in [0.2, 0.25) is 5.91 Å². The average molecular weight is 369 g/mol. The summed E-state index contributed by atoms with van der Waals surface area (Å²) < 4.78 is 0.639. The van der Waals surface area contributed by atoms with Crippen LogP contribution in [0.2, 0.25) is 5.15 Å². The summed E-state index contributed by atoms with van der Waals surface area (Å²) in [7, 11) is 0. The number of nitrogens with two attached hydrogens (primary N) is 1. The molecular formula is C14H11BrClN3O2. The van der Waals surface area contributed by atoms with E-state index in [2.05, 4.69) is 26.2 Å². The molecule has 0 bridgehead atoms. The van der Waals surface area contributed by atoms with Crippen molar-refractivity contribution in [2.75, 3.05) is 5.32 Å². The molecule has 0 aliphatic rings. The summed E-state index contributed by atoms with van der Waals surface area (Å²) in [5.41, 5.74) is 6.95. The van der Waals surface area contributed by atoms with Gasteiger partial charge >= 0.3 is 0 Å². The second-order valence-corrected chi connectivity index (χ2v) is 5.56. The van der Waals surface area contributed by atoms with E-state index in [-0.39, 0.29) is 10.7 Å². The van der Waals surface area contributed by atoms with Gasteiger partial charge < -0.3 is 11.1 Å². The van der Waals surface area contributed by atoms with Crippen molar-refractivity contribution in [3.8, 4) is 0 Å². The molecule has 0 radical (unpaired) electrons. The molecule has 1 aromatic carbocycles. The molecule has 21 heavy (non-hydrogen) atoms. The zero-order valence-electron chi connectivity index (χ0n) is 11.0. The molecule has 0 unspecified atom stereocenters. The molecule has 5 nitrogen and oxygen atoms in total. The van der Waals surface area contributed by atoms with Crippen LogP contribution in [0.1, 0.15) is 26.3 Å². The lowest BCUT2D eigenvalue weighted by molar-refractivity contribution is 0.0995. The molecular weight excluding hydrogens is 358 g/mol. The van der Waals surface area contributed by atoms with Crippen LogP contribution < -0.4 is 11.1 Å². The zero-order chi connectivity index (χ0) is 15.6. The predicted octanol–water partition coefficient (Wildman–Crippen LogP) is 3.16. The van der Waals surface area contributed by atoms with Crippen molar-refractivity contribution in [2.45, 2.75) is 6.92 Å². The van der Waals surface area contributed by atoms with E-state index in [1.54, 1.807) is 31.2 Å². The minimum atomic E-state index is -0.550. The number of nitrogens with zero attached hydrogens (tertiary/aromatic N) is 1. The van der Waals surface area contributed by atoms with Gasteiger partial charge in [-0.25, -0.2) is 4.98 Å². The number of primary amides is 1. The Hall–Kier alpha value is -1.92. The Kier molecular flexibility index (Phi) is 4.59. The van der Waals surface area contributed by atoms with E-state index >= 15 is 0 Å². The van der Waals surface area contributed by atoms with Crippen molar-refractivity contribution in [3.05, 3.63) is 56.8 Å². The average Bonchev–Trinajstić information content (AvgIpc) is 2.43. The van der Waals surface area contributed by atoms with Crippen LogP contribution in [0.25, 0.3) is 0 Å². The summed E-state index contributed by atoms with van der Waals surface area (Å²) in [5.74, 6) is -0.968. The lowest BCUT2D eigenvalue weighted by atomic mass is 10.1. The summed E-state index contributed by atoms with van der Waals surface area (Å²) >= 11 is 9.14. The molecule has 1 aromatic heterocycles. The van der Waals surface area contributed by atoms with Crippen molar-refractivity contribution < 1.29 is 9.59 Å². The van der Waals surface area contributed by atoms with Gasteiger partial charge in [-0.15, -0.1) is 0 Å². The standard InChI is InChI=1S/C14H11BrClN3O2/c1-7-9(13(17)20)3-2-4-11(7)19-14(21)10-5-8(15)6-18-12(10)16/h2-6H,1H3,(H2,17,20)(H,19,21).